The van der Waals surface area contributed by atoms with Crippen LogP contribution in [-0.4, -0.2) is 60.1 Å². The number of piperidine rings is 1. The fraction of sp³-hybridized carbons (Fsp3) is 0.375. The topological polar surface area (TPSA) is 96.6 Å². The zero-order chi connectivity index (χ0) is 24.3. The third kappa shape index (κ3) is 5.03. The van der Waals surface area contributed by atoms with E-state index in [0.29, 0.717) is 24.5 Å². The number of benzene rings is 2. The Labute approximate surface area is 204 Å². The molecule has 1 aliphatic heterocycles. The Kier molecular flexibility index (Phi) is 7.39. The molecule has 0 aliphatic carbocycles. The van der Waals surface area contributed by atoms with E-state index in [1.165, 1.54) is 30.9 Å². The summed E-state index contributed by atoms with van der Waals surface area (Å²) in [6, 6.07) is 12.4. The minimum Gasteiger partial charge on any atom is -0.339 e. The molecule has 0 bridgehead atoms. The minimum atomic E-state index is -3.89. The molecule has 0 saturated carbocycles. The molecule has 1 amide bonds. The SMILES string of the molecule is CSc1ccc(S(=O)(=O)N(C)Cc2nc(-c3ccccc3C)no2)cc1C(=O)N1CCCCC1. The third-order valence-electron chi connectivity index (χ3n) is 5.96. The van der Waals surface area contributed by atoms with E-state index in [4.69, 9.17) is 4.52 Å². The summed E-state index contributed by atoms with van der Waals surface area (Å²) < 4.78 is 33.1. The predicted octanol–water partition coefficient (Wildman–Crippen LogP) is 4.21. The van der Waals surface area contributed by atoms with Gasteiger partial charge in [0.15, 0.2) is 0 Å². The lowest BCUT2D eigenvalue weighted by molar-refractivity contribution is 0.0720. The van der Waals surface area contributed by atoms with Crippen molar-refractivity contribution in [1.29, 1.82) is 0 Å². The summed E-state index contributed by atoms with van der Waals surface area (Å²) >= 11 is 1.43. The summed E-state index contributed by atoms with van der Waals surface area (Å²) in [6.07, 6.45) is 4.93. The maximum absolute atomic E-state index is 13.3. The third-order valence-corrected chi connectivity index (χ3v) is 8.56. The number of hydrogen-bond acceptors (Lipinski definition) is 7. The van der Waals surface area contributed by atoms with Gasteiger partial charge in [0.1, 0.15) is 0 Å². The van der Waals surface area contributed by atoms with Crippen molar-refractivity contribution in [2.75, 3.05) is 26.4 Å². The van der Waals surface area contributed by atoms with Crippen LogP contribution < -0.4 is 0 Å². The fourth-order valence-corrected chi connectivity index (χ4v) is 5.71. The van der Waals surface area contributed by atoms with Crippen LogP contribution in [0.5, 0.6) is 0 Å². The molecule has 10 heteroatoms. The average molecular weight is 501 g/mol. The Bertz CT molecular complexity index is 1280. The first kappa shape index (κ1) is 24.4. The zero-order valence-corrected chi connectivity index (χ0v) is 21.2. The van der Waals surface area contributed by atoms with Crippen molar-refractivity contribution in [3.8, 4) is 11.4 Å². The van der Waals surface area contributed by atoms with Crippen molar-refractivity contribution >= 4 is 27.7 Å². The van der Waals surface area contributed by atoms with Gasteiger partial charge in [-0.15, -0.1) is 11.8 Å². The molecule has 0 radical (unpaired) electrons. The van der Waals surface area contributed by atoms with Crippen molar-refractivity contribution < 1.29 is 17.7 Å². The fourth-order valence-electron chi connectivity index (χ4n) is 3.99. The molecular weight excluding hydrogens is 472 g/mol. The number of amides is 1. The molecule has 1 aromatic heterocycles. The Morgan fingerprint density at radius 2 is 1.88 bits per heavy atom. The molecule has 0 unspecified atom stereocenters. The first-order chi connectivity index (χ1) is 16.3. The second-order valence-electron chi connectivity index (χ2n) is 8.30. The van der Waals surface area contributed by atoms with E-state index < -0.39 is 10.0 Å². The number of rotatable bonds is 7. The first-order valence-corrected chi connectivity index (χ1v) is 13.8. The highest BCUT2D eigenvalue weighted by Gasteiger charge is 2.27. The smallest absolute Gasteiger partial charge is 0.255 e. The summed E-state index contributed by atoms with van der Waals surface area (Å²) in [5.74, 6) is 0.482. The van der Waals surface area contributed by atoms with Crippen molar-refractivity contribution in [1.82, 2.24) is 19.3 Å². The van der Waals surface area contributed by atoms with E-state index >= 15 is 0 Å². The standard InChI is InChI=1S/C24H28N4O4S2/c1-17-9-5-6-10-19(17)23-25-22(32-26-23)16-27(2)34(30,31)18-11-12-21(33-3)20(15-18)24(29)28-13-7-4-8-14-28/h5-6,9-12,15H,4,7-8,13-14,16H2,1-3H3. The van der Waals surface area contributed by atoms with Gasteiger partial charge in [-0.3, -0.25) is 4.79 Å². The molecule has 34 heavy (non-hydrogen) atoms. The largest absolute Gasteiger partial charge is 0.339 e. The second kappa shape index (κ2) is 10.3. The van der Waals surface area contributed by atoms with Crippen molar-refractivity contribution in [2.24, 2.45) is 0 Å². The summed E-state index contributed by atoms with van der Waals surface area (Å²) in [5, 5.41) is 4.01. The van der Waals surface area contributed by atoms with Gasteiger partial charge in [-0.2, -0.15) is 9.29 Å². The first-order valence-electron chi connectivity index (χ1n) is 11.1. The van der Waals surface area contributed by atoms with E-state index in [1.807, 2.05) is 42.3 Å². The number of thioether (sulfide) groups is 1. The number of hydrogen-bond donors (Lipinski definition) is 0. The maximum atomic E-state index is 13.3. The molecule has 0 spiro atoms. The van der Waals surface area contributed by atoms with Crippen LogP contribution >= 0.6 is 11.8 Å². The van der Waals surface area contributed by atoms with Crippen LogP contribution in [0.25, 0.3) is 11.4 Å². The quantitative estimate of drug-likeness (QED) is 0.448. The lowest BCUT2D eigenvalue weighted by Crippen LogP contribution is -2.36. The highest BCUT2D eigenvalue weighted by Crippen LogP contribution is 2.28. The lowest BCUT2D eigenvalue weighted by Gasteiger charge is -2.27. The highest BCUT2D eigenvalue weighted by molar-refractivity contribution is 7.98. The molecule has 1 aliphatic rings. The van der Waals surface area contributed by atoms with E-state index in [0.717, 1.165) is 39.6 Å². The second-order valence-corrected chi connectivity index (χ2v) is 11.2. The van der Waals surface area contributed by atoms with Gasteiger partial charge in [0.05, 0.1) is 17.0 Å². The molecule has 8 nitrogen and oxygen atoms in total. The molecule has 2 aromatic carbocycles. The number of sulfonamides is 1. The van der Waals surface area contributed by atoms with Gasteiger partial charge in [0.25, 0.3) is 5.91 Å². The van der Waals surface area contributed by atoms with Crippen LogP contribution in [0.15, 0.2) is 56.8 Å². The van der Waals surface area contributed by atoms with Gasteiger partial charge in [-0.25, -0.2) is 8.42 Å². The maximum Gasteiger partial charge on any atom is 0.255 e. The van der Waals surface area contributed by atoms with Gasteiger partial charge < -0.3 is 9.42 Å². The van der Waals surface area contributed by atoms with Crippen molar-refractivity contribution in [3.05, 3.63) is 59.5 Å². The number of carbonyl (C=O) groups excluding carboxylic acids is 1. The van der Waals surface area contributed by atoms with E-state index in [1.54, 1.807) is 6.07 Å². The molecule has 180 valence electrons. The number of likely N-dealkylation sites (tertiary alicyclic amines) is 1. The van der Waals surface area contributed by atoms with Crippen molar-refractivity contribution in [2.45, 2.75) is 42.5 Å². The Morgan fingerprint density at radius 1 is 1.15 bits per heavy atom. The van der Waals surface area contributed by atoms with Crippen LogP contribution in [0.2, 0.25) is 0 Å². The average Bonchev–Trinajstić information content (AvgIpc) is 3.32. The van der Waals surface area contributed by atoms with E-state index in [2.05, 4.69) is 10.1 Å². The van der Waals surface area contributed by atoms with Crippen molar-refractivity contribution in [3.63, 3.8) is 0 Å². The normalized spacial score (nSPS) is 14.5. The Morgan fingerprint density at radius 3 is 2.59 bits per heavy atom. The summed E-state index contributed by atoms with van der Waals surface area (Å²) in [5.41, 5.74) is 2.25. The number of carbonyl (C=O) groups is 1. The summed E-state index contributed by atoms with van der Waals surface area (Å²) in [6.45, 7) is 3.26. The van der Waals surface area contributed by atoms with Gasteiger partial charge in [0.2, 0.25) is 21.7 Å². The van der Waals surface area contributed by atoms with E-state index in [9.17, 15) is 13.2 Å². The minimum absolute atomic E-state index is 0.0619. The monoisotopic (exact) mass is 500 g/mol. The van der Waals surface area contributed by atoms with Crippen LogP contribution in [0, 0.1) is 6.92 Å². The van der Waals surface area contributed by atoms with Crippen LogP contribution in [-0.2, 0) is 16.6 Å². The number of aryl methyl sites for hydroxylation is 1. The predicted molar refractivity (Wildman–Crippen MR) is 131 cm³/mol. The summed E-state index contributed by atoms with van der Waals surface area (Å²) in [7, 11) is -2.43. The molecule has 2 heterocycles. The Balaban J connectivity index is 1.57. The summed E-state index contributed by atoms with van der Waals surface area (Å²) in [4.78, 5) is 20.2. The van der Waals surface area contributed by atoms with E-state index in [-0.39, 0.29) is 23.2 Å². The molecule has 0 atom stereocenters. The number of nitrogens with zero attached hydrogens (tertiary/aromatic N) is 4. The molecule has 0 N–H and O–H groups in total. The molecule has 1 saturated heterocycles. The van der Waals surface area contributed by atoms with Crippen LogP contribution in [0.4, 0.5) is 0 Å². The van der Waals surface area contributed by atoms with Gasteiger partial charge in [-0.1, -0.05) is 29.4 Å². The van der Waals surface area contributed by atoms with Gasteiger partial charge >= 0.3 is 0 Å². The zero-order valence-electron chi connectivity index (χ0n) is 19.5. The van der Waals surface area contributed by atoms with Crippen LogP contribution in [0.3, 0.4) is 0 Å². The number of aromatic nitrogens is 2. The lowest BCUT2D eigenvalue weighted by atomic mass is 10.1. The van der Waals surface area contributed by atoms with Gasteiger partial charge in [-0.05, 0) is 56.2 Å². The molecule has 3 aromatic rings. The molecule has 1 fully saturated rings. The van der Waals surface area contributed by atoms with Crippen LogP contribution in [0.1, 0.15) is 41.1 Å². The van der Waals surface area contributed by atoms with Gasteiger partial charge in [0, 0.05) is 30.6 Å². The highest BCUT2D eigenvalue weighted by atomic mass is 32.2. The molecule has 4 rings (SSSR count). The molecular formula is C24H28N4O4S2. The Hall–Kier alpha value is -2.69.